The summed E-state index contributed by atoms with van der Waals surface area (Å²) in [5.74, 6) is -0.864. The SMILES string of the molecule is CCCCCCCCO[C@H]1CN([C@@H](Cc2ccccc2)C(=O)O)C[C@@H](CO)O1. The zero-order valence-electron chi connectivity index (χ0n) is 17.0. The van der Waals surface area contributed by atoms with E-state index in [-0.39, 0.29) is 6.61 Å². The summed E-state index contributed by atoms with van der Waals surface area (Å²) in [5, 5.41) is 19.3. The van der Waals surface area contributed by atoms with Crippen LogP contribution >= 0.6 is 0 Å². The molecule has 0 aromatic heterocycles. The fourth-order valence-electron chi connectivity index (χ4n) is 3.58. The molecule has 6 heteroatoms. The van der Waals surface area contributed by atoms with Crippen LogP contribution in [0.2, 0.25) is 0 Å². The molecule has 1 aromatic carbocycles. The van der Waals surface area contributed by atoms with Crippen molar-refractivity contribution in [2.24, 2.45) is 0 Å². The van der Waals surface area contributed by atoms with Gasteiger partial charge in [-0.3, -0.25) is 9.69 Å². The molecule has 2 rings (SSSR count). The van der Waals surface area contributed by atoms with Gasteiger partial charge in [-0.05, 0) is 18.4 Å². The third-order valence-electron chi connectivity index (χ3n) is 5.17. The molecular weight excluding hydrogens is 358 g/mol. The van der Waals surface area contributed by atoms with Gasteiger partial charge < -0.3 is 19.7 Å². The highest BCUT2D eigenvalue weighted by Gasteiger charge is 2.35. The number of rotatable bonds is 13. The van der Waals surface area contributed by atoms with Crippen molar-refractivity contribution in [3.63, 3.8) is 0 Å². The minimum Gasteiger partial charge on any atom is -0.480 e. The van der Waals surface area contributed by atoms with Crippen molar-refractivity contribution in [1.82, 2.24) is 4.90 Å². The second kappa shape index (κ2) is 12.9. The van der Waals surface area contributed by atoms with Crippen molar-refractivity contribution >= 4 is 5.97 Å². The van der Waals surface area contributed by atoms with Crippen LogP contribution in [0, 0.1) is 0 Å². The summed E-state index contributed by atoms with van der Waals surface area (Å²) < 4.78 is 11.6. The topological polar surface area (TPSA) is 79.2 Å². The summed E-state index contributed by atoms with van der Waals surface area (Å²) in [6, 6.07) is 8.95. The number of carboxylic acids is 1. The largest absolute Gasteiger partial charge is 0.480 e. The maximum Gasteiger partial charge on any atom is 0.321 e. The molecule has 2 N–H and O–H groups in total. The van der Waals surface area contributed by atoms with Crippen molar-refractivity contribution in [3.8, 4) is 0 Å². The molecule has 1 aliphatic heterocycles. The van der Waals surface area contributed by atoms with E-state index in [4.69, 9.17) is 9.47 Å². The molecule has 1 heterocycles. The van der Waals surface area contributed by atoms with E-state index >= 15 is 0 Å². The lowest BCUT2D eigenvalue weighted by Gasteiger charge is -2.40. The van der Waals surface area contributed by atoms with Crippen LogP contribution in [-0.2, 0) is 20.7 Å². The van der Waals surface area contributed by atoms with E-state index < -0.39 is 24.4 Å². The van der Waals surface area contributed by atoms with Gasteiger partial charge in [0.25, 0.3) is 0 Å². The number of hydrogen-bond acceptors (Lipinski definition) is 5. The summed E-state index contributed by atoms with van der Waals surface area (Å²) in [6.07, 6.45) is 6.57. The van der Waals surface area contributed by atoms with E-state index in [1.165, 1.54) is 25.7 Å². The summed E-state index contributed by atoms with van der Waals surface area (Å²) in [5.41, 5.74) is 0.978. The van der Waals surface area contributed by atoms with Crippen LogP contribution < -0.4 is 0 Å². The van der Waals surface area contributed by atoms with Crippen molar-refractivity contribution in [1.29, 1.82) is 0 Å². The number of benzene rings is 1. The number of morpholine rings is 1. The van der Waals surface area contributed by atoms with Gasteiger partial charge in [-0.15, -0.1) is 0 Å². The predicted octanol–water partition coefficient (Wildman–Crippen LogP) is 3.08. The number of carboxylic acid groups (broad SMARTS) is 1. The molecule has 0 spiro atoms. The van der Waals surface area contributed by atoms with Gasteiger partial charge in [-0.2, -0.15) is 0 Å². The molecule has 0 radical (unpaired) electrons. The fourth-order valence-corrected chi connectivity index (χ4v) is 3.58. The van der Waals surface area contributed by atoms with Gasteiger partial charge in [0.2, 0.25) is 0 Å². The quantitative estimate of drug-likeness (QED) is 0.502. The molecule has 28 heavy (non-hydrogen) atoms. The predicted molar refractivity (Wildman–Crippen MR) is 108 cm³/mol. The van der Waals surface area contributed by atoms with Crippen LogP contribution in [-0.4, -0.2) is 65.8 Å². The van der Waals surface area contributed by atoms with Gasteiger partial charge in [-0.1, -0.05) is 69.4 Å². The standard InChI is InChI=1S/C22H35NO5/c1-2-3-4-5-6-10-13-27-21-16-23(15-19(17-24)28-21)20(22(25)26)14-18-11-8-7-9-12-18/h7-9,11-12,19-21,24H,2-6,10,13-17H2,1H3,(H,25,26)/t19-,20-,21+/m0/s1. The Balaban J connectivity index is 1.86. The molecule has 1 saturated heterocycles. The van der Waals surface area contributed by atoms with E-state index in [1.54, 1.807) is 0 Å². The number of aliphatic hydroxyl groups excluding tert-OH is 1. The lowest BCUT2D eigenvalue weighted by atomic mass is 10.0. The number of unbranched alkanes of at least 4 members (excludes halogenated alkanes) is 5. The normalized spacial score (nSPS) is 21.5. The number of hydrogen-bond donors (Lipinski definition) is 2. The van der Waals surface area contributed by atoms with Crippen molar-refractivity contribution in [3.05, 3.63) is 35.9 Å². The Kier molecular flexibility index (Phi) is 10.5. The maximum atomic E-state index is 11.9. The molecule has 1 aliphatic rings. The number of aliphatic hydroxyl groups is 1. The van der Waals surface area contributed by atoms with Crippen molar-refractivity contribution < 1.29 is 24.5 Å². The molecule has 1 fully saturated rings. The lowest BCUT2D eigenvalue weighted by molar-refractivity contribution is -0.223. The van der Waals surface area contributed by atoms with Gasteiger partial charge >= 0.3 is 5.97 Å². The van der Waals surface area contributed by atoms with Crippen LogP contribution in [0.15, 0.2) is 30.3 Å². The van der Waals surface area contributed by atoms with E-state index in [2.05, 4.69) is 6.92 Å². The van der Waals surface area contributed by atoms with Crippen LogP contribution in [0.5, 0.6) is 0 Å². The molecule has 0 aliphatic carbocycles. The van der Waals surface area contributed by atoms with E-state index in [1.807, 2.05) is 35.2 Å². The van der Waals surface area contributed by atoms with Crippen LogP contribution in [0.1, 0.15) is 51.0 Å². The summed E-state index contributed by atoms with van der Waals surface area (Å²) in [4.78, 5) is 13.8. The Morgan fingerprint density at radius 1 is 1.18 bits per heavy atom. The van der Waals surface area contributed by atoms with Crippen LogP contribution in [0.25, 0.3) is 0 Å². The highest BCUT2D eigenvalue weighted by molar-refractivity contribution is 5.74. The zero-order valence-corrected chi connectivity index (χ0v) is 17.0. The zero-order chi connectivity index (χ0) is 20.2. The van der Waals surface area contributed by atoms with E-state index in [9.17, 15) is 15.0 Å². The Labute approximate surface area is 168 Å². The van der Waals surface area contributed by atoms with E-state index in [0.717, 1.165) is 18.4 Å². The Morgan fingerprint density at radius 3 is 2.57 bits per heavy atom. The van der Waals surface area contributed by atoms with Gasteiger partial charge in [0, 0.05) is 13.2 Å². The average Bonchev–Trinajstić information content (AvgIpc) is 2.71. The number of aliphatic carboxylic acids is 1. The molecule has 0 amide bonds. The Hall–Kier alpha value is -1.47. The van der Waals surface area contributed by atoms with Crippen LogP contribution in [0.3, 0.4) is 0 Å². The third-order valence-corrected chi connectivity index (χ3v) is 5.17. The molecule has 0 saturated carbocycles. The molecular formula is C22H35NO5. The minimum absolute atomic E-state index is 0.148. The minimum atomic E-state index is -0.864. The molecule has 6 nitrogen and oxygen atoms in total. The second-order valence-electron chi connectivity index (χ2n) is 7.51. The summed E-state index contributed by atoms with van der Waals surface area (Å²) >= 11 is 0. The lowest BCUT2D eigenvalue weighted by Crippen LogP contribution is -2.56. The van der Waals surface area contributed by atoms with E-state index in [0.29, 0.717) is 26.1 Å². The average molecular weight is 394 g/mol. The number of carbonyl (C=O) groups is 1. The molecule has 0 bridgehead atoms. The highest BCUT2D eigenvalue weighted by atomic mass is 16.7. The Bertz CT molecular complexity index is 553. The fraction of sp³-hybridized carbons (Fsp3) is 0.682. The van der Waals surface area contributed by atoms with Crippen molar-refractivity contribution in [2.75, 3.05) is 26.3 Å². The maximum absolute atomic E-state index is 11.9. The summed E-state index contributed by atoms with van der Waals surface area (Å²) in [7, 11) is 0. The van der Waals surface area contributed by atoms with Gasteiger partial charge in [0.15, 0.2) is 6.29 Å². The molecule has 158 valence electrons. The number of nitrogens with zero attached hydrogens (tertiary/aromatic N) is 1. The number of ether oxygens (including phenoxy) is 2. The molecule has 3 atom stereocenters. The first-order valence-electron chi connectivity index (χ1n) is 10.5. The molecule has 0 unspecified atom stereocenters. The highest BCUT2D eigenvalue weighted by Crippen LogP contribution is 2.19. The monoisotopic (exact) mass is 393 g/mol. The molecule has 1 aromatic rings. The second-order valence-corrected chi connectivity index (χ2v) is 7.51. The van der Waals surface area contributed by atoms with Gasteiger partial charge in [0.1, 0.15) is 6.04 Å². The van der Waals surface area contributed by atoms with Gasteiger partial charge in [0.05, 0.1) is 19.3 Å². The van der Waals surface area contributed by atoms with Crippen LogP contribution in [0.4, 0.5) is 0 Å². The third kappa shape index (κ3) is 7.87. The Morgan fingerprint density at radius 2 is 1.89 bits per heavy atom. The first-order valence-corrected chi connectivity index (χ1v) is 10.5. The van der Waals surface area contributed by atoms with Crippen molar-refractivity contribution in [2.45, 2.75) is 70.3 Å². The first-order chi connectivity index (χ1) is 13.6. The smallest absolute Gasteiger partial charge is 0.321 e. The van der Waals surface area contributed by atoms with Gasteiger partial charge in [-0.25, -0.2) is 0 Å². The first kappa shape index (κ1) is 22.8. The summed E-state index contributed by atoms with van der Waals surface area (Å²) in [6.45, 7) is 3.44.